The van der Waals surface area contributed by atoms with Gasteiger partial charge >= 0.3 is 0 Å². The number of amides is 2. The van der Waals surface area contributed by atoms with Crippen LogP contribution in [0.5, 0.6) is 0 Å². The molecule has 0 bridgehead atoms. The van der Waals surface area contributed by atoms with Crippen LogP contribution in [0.25, 0.3) is 11.1 Å². The highest BCUT2D eigenvalue weighted by atomic mass is 16.2. The van der Waals surface area contributed by atoms with Crippen molar-refractivity contribution in [1.82, 2.24) is 10.3 Å². The smallest absolute Gasteiger partial charge is 0.274 e. The monoisotopic (exact) mass is 421 g/mol. The Morgan fingerprint density at radius 2 is 1.41 bits per heavy atom. The number of benzene rings is 3. The van der Waals surface area contributed by atoms with Crippen molar-refractivity contribution in [2.45, 2.75) is 6.42 Å². The molecule has 0 saturated carbocycles. The highest BCUT2D eigenvalue weighted by Gasteiger charge is 2.10. The highest BCUT2D eigenvalue weighted by molar-refractivity contribution is 6.04. The molecule has 2 N–H and O–H groups in total. The van der Waals surface area contributed by atoms with Crippen molar-refractivity contribution in [2.75, 3.05) is 11.9 Å². The molecule has 0 atom stereocenters. The maximum absolute atomic E-state index is 12.6. The first-order valence-electron chi connectivity index (χ1n) is 10.4. The highest BCUT2D eigenvalue weighted by Crippen LogP contribution is 2.19. The van der Waals surface area contributed by atoms with Crippen LogP contribution in [0.3, 0.4) is 0 Å². The number of pyridine rings is 1. The Bertz CT molecular complexity index is 1190. The van der Waals surface area contributed by atoms with E-state index < -0.39 is 0 Å². The first-order chi connectivity index (χ1) is 15.7. The van der Waals surface area contributed by atoms with E-state index in [0.29, 0.717) is 23.5 Å². The zero-order chi connectivity index (χ0) is 22.2. The molecule has 1 heterocycles. The molecular weight excluding hydrogens is 398 g/mol. The summed E-state index contributed by atoms with van der Waals surface area (Å²) in [4.78, 5) is 29.2. The summed E-state index contributed by atoms with van der Waals surface area (Å²) in [5.41, 5.74) is 4.59. The maximum Gasteiger partial charge on any atom is 0.274 e. The van der Waals surface area contributed by atoms with Crippen molar-refractivity contribution in [3.8, 4) is 11.1 Å². The van der Waals surface area contributed by atoms with Crippen LogP contribution >= 0.6 is 0 Å². The van der Waals surface area contributed by atoms with E-state index in [2.05, 4.69) is 15.6 Å². The number of carbonyl (C=O) groups is 2. The fourth-order valence-electron chi connectivity index (χ4n) is 3.33. The Kier molecular flexibility index (Phi) is 6.68. The Balaban J connectivity index is 1.34. The fraction of sp³-hybridized carbons (Fsp3) is 0.0741. The van der Waals surface area contributed by atoms with Crippen molar-refractivity contribution in [2.24, 2.45) is 0 Å². The molecule has 0 aliphatic rings. The van der Waals surface area contributed by atoms with Gasteiger partial charge in [-0.1, -0.05) is 60.7 Å². The van der Waals surface area contributed by atoms with E-state index >= 15 is 0 Å². The quantitative estimate of drug-likeness (QED) is 0.442. The number of nitrogens with zero attached hydrogens (tertiary/aromatic N) is 1. The van der Waals surface area contributed by atoms with E-state index in [1.807, 2.05) is 66.7 Å². The lowest BCUT2D eigenvalue weighted by molar-refractivity contribution is 0.0953. The van der Waals surface area contributed by atoms with Crippen molar-refractivity contribution in [3.05, 3.63) is 120 Å². The Labute approximate surface area is 187 Å². The number of rotatable bonds is 7. The minimum Gasteiger partial charge on any atom is -0.352 e. The average Bonchev–Trinajstić information content (AvgIpc) is 2.86. The Hall–Kier alpha value is -4.25. The third kappa shape index (κ3) is 5.46. The molecule has 5 heteroatoms. The molecular formula is C27H23N3O2. The van der Waals surface area contributed by atoms with Crippen LogP contribution in [0.2, 0.25) is 0 Å². The molecule has 0 aliphatic carbocycles. The van der Waals surface area contributed by atoms with Gasteiger partial charge in [-0.25, -0.2) is 0 Å². The summed E-state index contributed by atoms with van der Waals surface area (Å²) < 4.78 is 0. The summed E-state index contributed by atoms with van der Waals surface area (Å²) in [7, 11) is 0. The van der Waals surface area contributed by atoms with Crippen molar-refractivity contribution >= 4 is 17.5 Å². The van der Waals surface area contributed by atoms with E-state index in [9.17, 15) is 9.59 Å². The standard InChI is InChI=1S/C27H23N3O2/c31-26(29-17-15-20-7-3-1-4-8-20)22-11-13-24(14-12-22)30-27(32)25-19-23(16-18-28-25)21-9-5-2-6-10-21/h1-14,16,18-19H,15,17H2,(H,29,31)(H,30,32). The predicted octanol–water partition coefficient (Wildman–Crippen LogP) is 4.97. The van der Waals surface area contributed by atoms with Crippen LogP contribution in [0.1, 0.15) is 26.4 Å². The number of aromatic nitrogens is 1. The Morgan fingerprint density at radius 3 is 2.12 bits per heavy atom. The van der Waals surface area contributed by atoms with Crippen LogP contribution in [-0.4, -0.2) is 23.3 Å². The summed E-state index contributed by atoms with van der Waals surface area (Å²) in [6.07, 6.45) is 2.40. The second-order valence-corrected chi connectivity index (χ2v) is 7.32. The molecule has 3 aromatic carbocycles. The lowest BCUT2D eigenvalue weighted by atomic mass is 10.1. The molecule has 158 valence electrons. The van der Waals surface area contributed by atoms with Crippen LogP contribution in [0.15, 0.2) is 103 Å². The van der Waals surface area contributed by atoms with Gasteiger partial charge < -0.3 is 10.6 Å². The van der Waals surface area contributed by atoms with Gasteiger partial charge in [-0.15, -0.1) is 0 Å². The molecule has 0 fully saturated rings. The lowest BCUT2D eigenvalue weighted by Crippen LogP contribution is -2.25. The summed E-state index contributed by atoms with van der Waals surface area (Å²) in [6.45, 7) is 0.560. The molecule has 2 amide bonds. The minimum absolute atomic E-state index is 0.143. The SMILES string of the molecule is O=C(NCCc1ccccc1)c1ccc(NC(=O)c2cc(-c3ccccc3)ccn2)cc1. The summed E-state index contributed by atoms with van der Waals surface area (Å²) in [5.74, 6) is -0.445. The molecule has 4 rings (SSSR count). The third-order valence-corrected chi connectivity index (χ3v) is 5.05. The molecule has 5 nitrogen and oxygen atoms in total. The average molecular weight is 422 g/mol. The van der Waals surface area contributed by atoms with Gasteiger partial charge in [0.1, 0.15) is 5.69 Å². The molecule has 0 unspecified atom stereocenters. The predicted molar refractivity (Wildman–Crippen MR) is 127 cm³/mol. The Morgan fingerprint density at radius 1 is 0.719 bits per heavy atom. The summed E-state index contributed by atoms with van der Waals surface area (Å²) >= 11 is 0. The van der Waals surface area contributed by atoms with Gasteiger partial charge in [0.15, 0.2) is 0 Å². The van der Waals surface area contributed by atoms with Crippen molar-refractivity contribution in [3.63, 3.8) is 0 Å². The van der Waals surface area contributed by atoms with Gasteiger partial charge in [-0.05, 0) is 59.5 Å². The summed E-state index contributed by atoms with van der Waals surface area (Å²) in [6, 6.07) is 30.3. The fourth-order valence-corrected chi connectivity index (χ4v) is 3.33. The van der Waals surface area contributed by atoms with E-state index in [1.54, 1.807) is 36.5 Å². The molecule has 0 spiro atoms. The molecule has 0 aliphatic heterocycles. The van der Waals surface area contributed by atoms with Crippen LogP contribution < -0.4 is 10.6 Å². The summed E-state index contributed by atoms with van der Waals surface area (Å²) in [5, 5.41) is 5.75. The van der Waals surface area contributed by atoms with Gasteiger partial charge in [0.2, 0.25) is 0 Å². The van der Waals surface area contributed by atoms with Crippen molar-refractivity contribution in [1.29, 1.82) is 0 Å². The second kappa shape index (κ2) is 10.2. The van der Waals surface area contributed by atoms with Crippen LogP contribution in [-0.2, 0) is 6.42 Å². The van der Waals surface area contributed by atoms with Gasteiger partial charge in [0.05, 0.1) is 0 Å². The molecule has 32 heavy (non-hydrogen) atoms. The number of carbonyl (C=O) groups excluding carboxylic acids is 2. The lowest BCUT2D eigenvalue weighted by Gasteiger charge is -2.08. The van der Waals surface area contributed by atoms with E-state index in [0.717, 1.165) is 17.5 Å². The first-order valence-corrected chi connectivity index (χ1v) is 10.4. The second-order valence-electron chi connectivity index (χ2n) is 7.32. The van der Waals surface area contributed by atoms with Crippen molar-refractivity contribution < 1.29 is 9.59 Å². The number of nitrogens with one attached hydrogen (secondary N) is 2. The number of anilines is 1. The molecule has 4 aromatic rings. The van der Waals surface area contributed by atoms with Crippen LogP contribution in [0.4, 0.5) is 5.69 Å². The zero-order valence-corrected chi connectivity index (χ0v) is 17.5. The maximum atomic E-state index is 12.6. The van der Waals surface area contributed by atoms with E-state index in [-0.39, 0.29) is 11.8 Å². The zero-order valence-electron chi connectivity index (χ0n) is 17.5. The molecule has 0 saturated heterocycles. The first kappa shape index (κ1) is 21.0. The number of hydrogen-bond donors (Lipinski definition) is 2. The van der Waals surface area contributed by atoms with Gasteiger partial charge in [0, 0.05) is 24.0 Å². The van der Waals surface area contributed by atoms with Gasteiger partial charge in [0.25, 0.3) is 11.8 Å². The molecule has 0 radical (unpaired) electrons. The van der Waals surface area contributed by atoms with E-state index in [1.165, 1.54) is 5.56 Å². The molecule has 1 aromatic heterocycles. The van der Waals surface area contributed by atoms with Crippen LogP contribution in [0, 0.1) is 0 Å². The largest absolute Gasteiger partial charge is 0.352 e. The topological polar surface area (TPSA) is 71.1 Å². The number of hydrogen-bond acceptors (Lipinski definition) is 3. The third-order valence-electron chi connectivity index (χ3n) is 5.05. The minimum atomic E-state index is -0.303. The van der Waals surface area contributed by atoms with E-state index in [4.69, 9.17) is 0 Å². The van der Waals surface area contributed by atoms with Gasteiger partial charge in [-0.3, -0.25) is 14.6 Å². The van der Waals surface area contributed by atoms with Gasteiger partial charge in [-0.2, -0.15) is 0 Å². The normalized spacial score (nSPS) is 10.4.